The molecule has 0 spiro atoms. The molecule has 0 radical (unpaired) electrons. The maximum atomic E-state index is 12.9. The Balaban J connectivity index is 1.44. The van der Waals surface area contributed by atoms with E-state index in [0.717, 1.165) is 0 Å². The number of halogens is 1. The fraction of sp³-hybridized carbons (Fsp3) is 0.458. The zero-order chi connectivity index (χ0) is 23.8. The number of carbonyl (C=O) groups excluding carboxylic acids is 1. The van der Waals surface area contributed by atoms with E-state index in [9.17, 15) is 17.6 Å². The van der Waals surface area contributed by atoms with Gasteiger partial charge < -0.3 is 14.4 Å². The third-order valence-corrected chi connectivity index (χ3v) is 7.58. The van der Waals surface area contributed by atoms with Crippen LogP contribution in [0.25, 0.3) is 0 Å². The Kier molecular flexibility index (Phi) is 8.68. The summed E-state index contributed by atoms with van der Waals surface area (Å²) in [4.78, 5) is 14.7. The van der Waals surface area contributed by atoms with Gasteiger partial charge in [-0.05, 0) is 74.7 Å². The molecule has 2 aromatic rings. The van der Waals surface area contributed by atoms with Gasteiger partial charge in [0.05, 0.1) is 18.1 Å². The second-order valence-corrected chi connectivity index (χ2v) is 9.94. The fourth-order valence-electron chi connectivity index (χ4n) is 3.81. The highest BCUT2D eigenvalue weighted by Gasteiger charge is 2.33. The SMILES string of the molecule is CCOc1ccc(S(=O)(=O)N2CCC(C(=O)N(C)CCCOc3ccc(F)cc3)CC2)cc1. The summed E-state index contributed by atoms with van der Waals surface area (Å²) in [5.74, 6) is 0.735. The molecule has 1 aliphatic rings. The van der Waals surface area contributed by atoms with Gasteiger partial charge in [0.2, 0.25) is 15.9 Å². The first-order valence-corrected chi connectivity index (χ1v) is 12.6. The highest BCUT2D eigenvalue weighted by Crippen LogP contribution is 2.26. The molecule has 0 unspecified atom stereocenters. The maximum absolute atomic E-state index is 12.9. The maximum Gasteiger partial charge on any atom is 0.243 e. The van der Waals surface area contributed by atoms with Gasteiger partial charge in [-0.15, -0.1) is 0 Å². The smallest absolute Gasteiger partial charge is 0.243 e. The van der Waals surface area contributed by atoms with Crippen LogP contribution in [0, 0.1) is 11.7 Å². The number of hydrogen-bond acceptors (Lipinski definition) is 5. The first-order chi connectivity index (χ1) is 15.8. The van der Waals surface area contributed by atoms with Crippen LogP contribution >= 0.6 is 0 Å². The third-order valence-electron chi connectivity index (χ3n) is 5.67. The van der Waals surface area contributed by atoms with Crippen molar-refractivity contribution >= 4 is 15.9 Å². The minimum Gasteiger partial charge on any atom is -0.494 e. The van der Waals surface area contributed by atoms with E-state index in [1.54, 1.807) is 48.3 Å². The van der Waals surface area contributed by atoms with Crippen LogP contribution in [0.4, 0.5) is 4.39 Å². The summed E-state index contributed by atoms with van der Waals surface area (Å²) in [6.07, 6.45) is 1.63. The Morgan fingerprint density at radius 2 is 1.61 bits per heavy atom. The molecule has 33 heavy (non-hydrogen) atoms. The Morgan fingerprint density at radius 1 is 1.03 bits per heavy atom. The van der Waals surface area contributed by atoms with E-state index in [1.165, 1.54) is 16.4 Å². The average molecular weight is 479 g/mol. The molecule has 1 fully saturated rings. The van der Waals surface area contributed by atoms with Crippen LogP contribution in [-0.4, -0.2) is 63.4 Å². The van der Waals surface area contributed by atoms with Crippen molar-refractivity contribution in [3.05, 3.63) is 54.3 Å². The van der Waals surface area contributed by atoms with Gasteiger partial charge in [0.25, 0.3) is 0 Å². The molecule has 0 aliphatic carbocycles. The predicted molar refractivity (Wildman–Crippen MR) is 123 cm³/mol. The predicted octanol–water partition coefficient (Wildman–Crippen LogP) is 3.55. The van der Waals surface area contributed by atoms with Gasteiger partial charge in [-0.25, -0.2) is 12.8 Å². The van der Waals surface area contributed by atoms with Crippen LogP contribution < -0.4 is 9.47 Å². The number of benzene rings is 2. The molecule has 0 bridgehead atoms. The summed E-state index contributed by atoms with van der Waals surface area (Å²) in [6, 6.07) is 12.2. The van der Waals surface area contributed by atoms with Gasteiger partial charge in [0.15, 0.2) is 0 Å². The van der Waals surface area contributed by atoms with Crippen molar-refractivity contribution in [1.82, 2.24) is 9.21 Å². The second-order valence-electron chi connectivity index (χ2n) is 8.00. The van der Waals surface area contributed by atoms with Gasteiger partial charge in [-0.3, -0.25) is 4.79 Å². The van der Waals surface area contributed by atoms with E-state index in [0.29, 0.717) is 63.6 Å². The summed E-state index contributed by atoms with van der Waals surface area (Å²) >= 11 is 0. The van der Waals surface area contributed by atoms with Crippen molar-refractivity contribution in [1.29, 1.82) is 0 Å². The number of sulfonamides is 1. The molecule has 0 N–H and O–H groups in total. The van der Waals surface area contributed by atoms with Crippen molar-refractivity contribution in [3.63, 3.8) is 0 Å². The molecule has 0 atom stereocenters. The number of rotatable bonds is 10. The lowest BCUT2D eigenvalue weighted by molar-refractivity contribution is -0.135. The number of ether oxygens (including phenoxy) is 2. The summed E-state index contributed by atoms with van der Waals surface area (Å²) in [5, 5.41) is 0. The van der Waals surface area contributed by atoms with Crippen molar-refractivity contribution in [3.8, 4) is 11.5 Å². The largest absolute Gasteiger partial charge is 0.494 e. The van der Waals surface area contributed by atoms with E-state index < -0.39 is 10.0 Å². The summed E-state index contributed by atoms with van der Waals surface area (Å²) in [6.45, 7) is 3.96. The Hall–Kier alpha value is -2.65. The zero-order valence-electron chi connectivity index (χ0n) is 19.1. The van der Waals surface area contributed by atoms with E-state index >= 15 is 0 Å². The van der Waals surface area contributed by atoms with Crippen LogP contribution in [-0.2, 0) is 14.8 Å². The molecule has 180 valence electrons. The van der Waals surface area contributed by atoms with Crippen molar-refractivity contribution in [2.75, 3.05) is 39.9 Å². The normalized spacial score (nSPS) is 15.2. The molecule has 0 saturated carbocycles. The first kappa shape index (κ1) is 25.0. The molecular weight excluding hydrogens is 447 g/mol. The van der Waals surface area contributed by atoms with Crippen LogP contribution in [0.3, 0.4) is 0 Å². The fourth-order valence-corrected chi connectivity index (χ4v) is 5.28. The van der Waals surface area contributed by atoms with Crippen LogP contribution in [0.5, 0.6) is 11.5 Å². The molecule has 1 amide bonds. The van der Waals surface area contributed by atoms with Crippen molar-refractivity contribution in [2.24, 2.45) is 5.92 Å². The number of carbonyl (C=O) groups is 1. The summed E-state index contributed by atoms with van der Waals surface area (Å²) < 4.78 is 51.2. The topological polar surface area (TPSA) is 76.2 Å². The van der Waals surface area contributed by atoms with Gasteiger partial charge in [-0.2, -0.15) is 4.31 Å². The van der Waals surface area contributed by atoms with Crippen molar-refractivity contribution < 1.29 is 27.1 Å². The Morgan fingerprint density at radius 3 is 2.21 bits per heavy atom. The minimum atomic E-state index is -3.60. The molecule has 2 aromatic carbocycles. The highest BCUT2D eigenvalue weighted by molar-refractivity contribution is 7.89. The molecule has 1 saturated heterocycles. The standard InChI is InChI=1S/C24H31FN2O5S/c1-3-31-21-9-11-23(12-10-21)33(29,30)27-16-13-19(14-17-27)24(28)26(2)15-4-18-32-22-7-5-20(25)6-8-22/h5-12,19H,3-4,13-18H2,1-2H3. The van der Waals surface area contributed by atoms with E-state index in [2.05, 4.69) is 0 Å². The van der Waals surface area contributed by atoms with Gasteiger partial charge >= 0.3 is 0 Å². The number of hydrogen-bond donors (Lipinski definition) is 0. The molecule has 3 rings (SSSR count). The minimum absolute atomic E-state index is 0.0231. The number of amides is 1. The molecule has 0 aromatic heterocycles. The van der Waals surface area contributed by atoms with Gasteiger partial charge in [0.1, 0.15) is 17.3 Å². The molecule has 9 heteroatoms. The van der Waals surface area contributed by atoms with Crippen LogP contribution in [0.15, 0.2) is 53.4 Å². The van der Waals surface area contributed by atoms with Gasteiger partial charge in [-0.1, -0.05) is 0 Å². The molecule has 7 nitrogen and oxygen atoms in total. The molecule has 1 aliphatic heterocycles. The molecule has 1 heterocycles. The average Bonchev–Trinajstić information content (AvgIpc) is 2.83. The number of nitrogens with zero attached hydrogens (tertiary/aromatic N) is 2. The van der Waals surface area contributed by atoms with Crippen molar-refractivity contribution in [2.45, 2.75) is 31.1 Å². The number of piperidine rings is 1. The lowest BCUT2D eigenvalue weighted by atomic mass is 9.96. The van der Waals surface area contributed by atoms with Crippen LogP contribution in [0.1, 0.15) is 26.2 Å². The monoisotopic (exact) mass is 478 g/mol. The first-order valence-electron chi connectivity index (χ1n) is 11.2. The summed E-state index contributed by atoms with van der Waals surface area (Å²) in [5.41, 5.74) is 0. The van der Waals surface area contributed by atoms with E-state index in [-0.39, 0.29) is 22.5 Å². The summed E-state index contributed by atoms with van der Waals surface area (Å²) in [7, 11) is -1.84. The van der Waals surface area contributed by atoms with E-state index in [1.807, 2.05) is 6.92 Å². The second kappa shape index (κ2) is 11.5. The van der Waals surface area contributed by atoms with Crippen LogP contribution in [0.2, 0.25) is 0 Å². The zero-order valence-corrected chi connectivity index (χ0v) is 19.9. The third kappa shape index (κ3) is 6.68. The molecular formula is C24H31FN2O5S. The van der Waals surface area contributed by atoms with E-state index in [4.69, 9.17) is 9.47 Å². The van der Waals surface area contributed by atoms with Gasteiger partial charge in [0, 0.05) is 32.6 Å². The highest BCUT2D eigenvalue weighted by atomic mass is 32.2. The Labute approximate surface area is 195 Å². The lowest BCUT2D eigenvalue weighted by Crippen LogP contribution is -2.43. The lowest BCUT2D eigenvalue weighted by Gasteiger charge is -2.32. The quantitative estimate of drug-likeness (QED) is 0.488. The Bertz CT molecular complexity index is 1000.